The molecular formula is C18H21ClFN. The molecule has 0 aromatic heterocycles. The van der Waals surface area contributed by atoms with E-state index in [0.29, 0.717) is 10.6 Å². The molecule has 0 bridgehead atoms. The highest BCUT2D eigenvalue weighted by molar-refractivity contribution is 6.31. The van der Waals surface area contributed by atoms with Crippen molar-refractivity contribution >= 4 is 11.6 Å². The van der Waals surface area contributed by atoms with Crippen molar-refractivity contribution in [1.82, 2.24) is 5.32 Å². The zero-order valence-electron chi connectivity index (χ0n) is 12.9. The Labute approximate surface area is 131 Å². The summed E-state index contributed by atoms with van der Waals surface area (Å²) in [4.78, 5) is 0. The Balaban J connectivity index is 2.62. The summed E-state index contributed by atoms with van der Waals surface area (Å²) >= 11 is 6.31. The van der Waals surface area contributed by atoms with Crippen LogP contribution in [0.2, 0.25) is 5.02 Å². The molecule has 0 heterocycles. The summed E-state index contributed by atoms with van der Waals surface area (Å²) in [5, 5.41) is 3.94. The van der Waals surface area contributed by atoms with E-state index in [0.717, 1.165) is 12.1 Å². The molecule has 21 heavy (non-hydrogen) atoms. The van der Waals surface area contributed by atoms with Crippen LogP contribution in [0.4, 0.5) is 4.39 Å². The van der Waals surface area contributed by atoms with Crippen molar-refractivity contribution in [2.24, 2.45) is 0 Å². The minimum Gasteiger partial charge on any atom is -0.306 e. The lowest BCUT2D eigenvalue weighted by Gasteiger charge is -2.24. The van der Waals surface area contributed by atoms with Crippen molar-refractivity contribution < 1.29 is 4.39 Å². The fourth-order valence-corrected chi connectivity index (χ4v) is 3.01. The average Bonchev–Trinajstić information content (AvgIpc) is 2.42. The molecular weight excluding hydrogens is 285 g/mol. The molecule has 1 unspecified atom stereocenters. The fraction of sp³-hybridized carbons (Fsp3) is 0.333. The zero-order chi connectivity index (χ0) is 15.6. The number of nitrogens with one attached hydrogen (secondary N) is 1. The minimum atomic E-state index is -0.263. The summed E-state index contributed by atoms with van der Waals surface area (Å²) in [5.41, 5.74) is 5.17. The molecule has 0 spiro atoms. The van der Waals surface area contributed by atoms with Gasteiger partial charge in [-0.15, -0.1) is 0 Å². The van der Waals surface area contributed by atoms with Crippen LogP contribution in [0.15, 0.2) is 30.3 Å². The number of hydrogen-bond donors (Lipinski definition) is 1. The molecule has 0 aliphatic rings. The van der Waals surface area contributed by atoms with Gasteiger partial charge in [0.2, 0.25) is 0 Å². The molecule has 1 atom stereocenters. The molecule has 3 heteroatoms. The molecule has 2 aromatic carbocycles. The van der Waals surface area contributed by atoms with Gasteiger partial charge >= 0.3 is 0 Å². The van der Waals surface area contributed by atoms with Crippen LogP contribution in [0.1, 0.15) is 40.8 Å². The van der Waals surface area contributed by atoms with Gasteiger partial charge in [-0.1, -0.05) is 36.7 Å². The van der Waals surface area contributed by atoms with Crippen LogP contribution < -0.4 is 5.32 Å². The van der Waals surface area contributed by atoms with E-state index in [4.69, 9.17) is 11.6 Å². The van der Waals surface area contributed by atoms with Gasteiger partial charge in [0.25, 0.3) is 0 Å². The summed E-state index contributed by atoms with van der Waals surface area (Å²) < 4.78 is 13.7. The first-order valence-corrected chi connectivity index (χ1v) is 7.58. The van der Waals surface area contributed by atoms with Crippen LogP contribution in [0.25, 0.3) is 0 Å². The lowest BCUT2D eigenvalue weighted by Crippen LogP contribution is -2.24. The van der Waals surface area contributed by atoms with Crippen molar-refractivity contribution in [2.45, 2.75) is 33.7 Å². The van der Waals surface area contributed by atoms with Gasteiger partial charge in [-0.2, -0.15) is 0 Å². The van der Waals surface area contributed by atoms with E-state index < -0.39 is 0 Å². The highest BCUT2D eigenvalue weighted by Gasteiger charge is 2.20. The summed E-state index contributed by atoms with van der Waals surface area (Å²) in [5.74, 6) is -0.263. The number of halogens is 2. The van der Waals surface area contributed by atoms with Gasteiger partial charge in [0.15, 0.2) is 0 Å². The van der Waals surface area contributed by atoms with Gasteiger partial charge in [-0.25, -0.2) is 4.39 Å². The molecule has 1 nitrogen and oxygen atoms in total. The maximum atomic E-state index is 13.7. The van der Waals surface area contributed by atoms with Crippen molar-refractivity contribution in [2.75, 3.05) is 6.54 Å². The number of aryl methyl sites for hydroxylation is 3. The van der Waals surface area contributed by atoms with Crippen molar-refractivity contribution in [3.8, 4) is 0 Å². The molecule has 0 radical (unpaired) electrons. The number of hydrogen-bond acceptors (Lipinski definition) is 1. The summed E-state index contributed by atoms with van der Waals surface area (Å²) in [6.45, 7) is 8.83. The highest BCUT2D eigenvalue weighted by atomic mass is 35.5. The second-order valence-electron chi connectivity index (χ2n) is 5.42. The fourth-order valence-electron chi connectivity index (χ4n) is 2.76. The summed E-state index contributed by atoms with van der Waals surface area (Å²) in [6.07, 6.45) is 0. The van der Waals surface area contributed by atoms with Crippen molar-refractivity contribution in [3.63, 3.8) is 0 Å². The molecule has 112 valence electrons. The lowest BCUT2D eigenvalue weighted by atomic mass is 9.90. The normalized spacial score (nSPS) is 12.5. The Morgan fingerprint density at radius 1 is 1.10 bits per heavy atom. The first-order chi connectivity index (χ1) is 9.95. The maximum Gasteiger partial charge on any atom is 0.127 e. The van der Waals surface area contributed by atoms with Crippen molar-refractivity contribution in [1.29, 1.82) is 0 Å². The minimum absolute atomic E-state index is 0.0250. The molecule has 2 aromatic rings. The third-order valence-corrected chi connectivity index (χ3v) is 4.16. The van der Waals surface area contributed by atoms with Gasteiger partial charge in [0, 0.05) is 5.02 Å². The van der Waals surface area contributed by atoms with Gasteiger partial charge in [0.1, 0.15) is 5.82 Å². The van der Waals surface area contributed by atoms with Crippen LogP contribution in [-0.4, -0.2) is 6.54 Å². The van der Waals surface area contributed by atoms with E-state index in [2.05, 4.69) is 44.3 Å². The van der Waals surface area contributed by atoms with Crippen LogP contribution in [0, 0.1) is 26.6 Å². The molecule has 0 fully saturated rings. The summed E-state index contributed by atoms with van der Waals surface area (Å²) in [7, 11) is 0. The largest absolute Gasteiger partial charge is 0.306 e. The number of rotatable bonds is 4. The maximum absolute atomic E-state index is 13.7. The second kappa shape index (κ2) is 6.59. The third kappa shape index (κ3) is 3.28. The monoisotopic (exact) mass is 305 g/mol. The second-order valence-corrected chi connectivity index (χ2v) is 5.83. The smallest absolute Gasteiger partial charge is 0.127 e. The molecule has 1 N–H and O–H groups in total. The molecule has 2 rings (SSSR count). The van der Waals surface area contributed by atoms with Gasteiger partial charge in [-0.3, -0.25) is 0 Å². The molecule has 0 saturated carbocycles. The third-order valence-electron chi connectivity index (χ3n) is 3.83. The molecule has 0 aliphatic heterocycles. The summed E-state index contributed by atoms with van der Waals surface area (Å²) in [6, 6.07) is 9.46. The standard InChI is InChI=1S/C18H21ClFN/c1-5-21-18(17-11(2)7-6-8-12(17)3)14-9-13(4)16(20)10-15(14)19/h6-10,18,21H,5H2,1-4H3. The van der Waals surface area contributed by atoms with E-state index in [1.54, 1.807) is 6.92 Å². The average molecular weight is 306 g/mol. The predicted molar refractivity (Wildman–Crippen MR) is 87.6 cm³/mol. The quantitative estimate of drug-likeness (QED) is 0.828. The van der Waals surface area contributed by atoms with Gasteiger partial charge in [-0.05, 0) is 67.3 Å². The number of benzene rings is 2. The Morgan fingerprint density at radius 2 is 1.71 bits per heavy atom. The topological polar surface area (TPSA) is 12.0 Å². The first kappa shape index (κ1) is 16.0. The molecule has 0 aliphatic carbocycles. The van der Waals surface area contributed by atoms with Crippen LogP contribution >= 0.6 is 11.6 Å². The Kier molecular flexibility index (Phi) is 5.02. The molecule has 0 saturated heterocycles. The van der Waals surface area contributed by atoms with Crippen LogP contribution in [0.3, 0.4) is 0 Å². The van der Waals surface area contributed by atoms with Gasteiger partial charge in [0.05, 0.1) is 6.04 Å². The van der Waals surface area contributed by atoms with E-state index in [1.165, 1.54) is 22.8 Å². The molecule has 0 amide bonds. The first-order valence-electron chi connectivity index (χ1n) is 7.20. The SMILES string of the molecule is CCNC(c1cc(C)c(F)cc1Cl)c1c(C)cccc1C. The van der Waals surface area contributed by atoms with E-state index in [1.807, 2.05) is 6.07 Å². The highest BCUT2D eigenvalue weighted by Crippen LogP contribution is 2.33. The Bertz CT molecular complexity index is 632. The Hall–Kier alpha value is -1.38. The van der Waals surface area contributed by atoms with Gasteiger partial charge < -0.3 is 5.32 Å². The zero-order valence-corrected chi connectivity index (χ0v) is 13.7. The van der Waals surface area contributed by atoms with E-state index in [-0.39, 0.29) is 11.9 Å². The van der Waals surface area contributed by atoms with Crippen molar-refractivity contribution in [3.05, 3.63) is 69.0 Å². The van der Waals surface area contributed by atoms with E-state index >= 15 is 0 Å². The Morgan fingerprint density at radius 3 is 2.29 bits per heavy atom. The van der Waals surface area contributed by atoms with E-state index in [9.17, 15) is 4.39 Å². The van der Waals surface area contributed by atoms with Crippen LogP contribution in [-0.2, 0) is 0 Å². The lowest BCUT2D eigenvalue weighted by molar-refractivity contribution is 0.604. The van der Waals surface area contributed by atoms with Crippen LogP contribution in [0.5, 0.6) is 0 Å². The predicted octanol–water partition coefficient (Wildman–Crippen LogP) is 5.10.